The molecule has 0 radical (unpaired) electrons. The molecular formula is C21H28ClN5O3. The summed E-state index contributed by atoms with van der Waals surface area (Å²) >= 11 is 5.92. The second-order valence-corrected chi connectivity index (χ2v) is 8.25. The van der Waals surface area contributed by atoms with Crippen molar-refractivity contribution in [2.24, 2.45) is 5.92 Å². The van der Waals surface area contributed by atoms with Crippen LogP contribution in [0.3, 0.4) is 0 Å². The molecule has 2 aromatic rings. The number of carbonyl (C=O) groups excluding carboxylic acids is 1. The number of amides is 1. The maximum Gasteiger partial charge on any atom is 0.241 e. The van der Waals surface area contributed by atoms with Crippen LogP contribution in [0.25, 0.3) is 11.4 Å². The molecule has 3 heterocycles. The Labute approximate surface area is 181 Å². The van der Waals surface area contributed by atoms with Crippen molar-refractivity contribution in [3.63, 3.8) is 0 Å². The van der Waals surface area contributed by atoms with Gasteiger partial charge in [0, 0.05) is 42.7 Å². The molecule has 0 aliphatic carbocycles. The highest BCUT2D eigenvalue weighted by molar-refractivity contribution is 6.30. The van der Waals surface area contributed by atoms with Crippen molar-refractivity contribution >= 4 is 17.5 Å². The van der Waals surface area contributed by atoms with Crippen LogP contribution in [0.5, 0.6) is 0 Å². The standard InChI is InChI=1S/C21H28ClN5O3/c22-18-3-1-16(2-4-18)20-24-19(30-25-20)15-27-8-5-17(6-9-27)21(28)23-7-10-26-11-13-29-14-12-26/h1-4,17H,5-15H2,(H,23,28). The van der Waals surface area contributed by atoms with Crippen molar-refractivity contribution in [1.82, 2.24) is 25.3 Å². The van der Waals surface area contributed by atoms with Gasteiger partial charge in [-0.25, -0.2) is 0 Å². The Balaban J connectivity index is 1.18. The average molecular weight is 434 g/mol. The zero-order valence-electron chi connectivity index (χ0n) is 17.1. The first-order valence-electron chi connectivity index (χ1n) is 10.6. The second kappa shape index (κ2) is 10.3. The summed E-state index contributed by atoms with van der Waals surface area (Å²) in [6.07, 6.45) is 1.70. The minimum atomic E-state index is 0.0817. The van der Waals surface area contributed by atoms with E-state index in [-0.39, 0.29) is 11.8 Å². The first-order valence-corrected chi connectivity index (χ1v) is 10.9. The molecule has 2 aliphatic rings. The van der Waals surface area contributed by atoms with Crippen LogP contribution in [-0.4, -0.2) is 78.3 Å². The van der Waals surface area contributed by atoms with Gasteiger partial charge in [-0.3, -0.25) is 14.6 Å². The van der Waals surface area contributed by atoms with Crippen molar-refractivity contribution in [3.05, 3.63) is 35.2 Å². The number of rotatable bonds is 7. The number of hydrogen-bond acceptors (Lipinski definition) is 7. The third kappa shape index (κ3) is 5.78. The molecule has 162 valence electrons. The van der Waals surface area contributed by atoms with E-state index in [1.165, 1.54) is 0 Å². The summed E-state index contributed by atoms with van der Waals surface area (Å²) in [5.41, 5.74) is 0.877. The number of benzene rings is 1. The van der Waals surface area contributed by atoms with Gasteiger partial charge in [0.05, 0.1) is 19.8 Å². The van der Waals surface area contributed by atoms with E-state index < -0.39 is 0 Å². The molecule has 2 saturated heterocycles. The van der Waals surface area contributed by atoms with E-state index in [2.05, 4.69) is 25.3 Å². The summed E-state index contributed by atoms with van der Waals surface area (Å²) in [6.45, 7) is 7.36. The van der Waals surface area contributed by atoms with Crippen LogP contribution in [0.2, 0.25) is 5.02 Å². The summed E-state index contributed by atoms with van der Waals surface area (Å²) in [4.78, 5) is 21.5. The molecule has 8 nitrogen and oxygen atoms in total. The fraction of sp³-hybridized carbons (Fsp3) is 0.571. The summed E-state index contributed by atoms with van der Waals surface area (Å²) in [5, 5.41) is 7.84. The molecule has 4 rings (SSSR count). The van der Waals surface area contributed by atoms with Gasteiger partial charge in [0.1, 0.15) is 0 Å². The number of morpholine rings is 1. The van der Waals surface area contributed by atoms with Gasteiger partial charge >= 0.3 is 0 Å². The van der Waals surface area contributed by atoms with E-state index in [1.807, 2.05) is 24.3 Å². The van der Waals surface area contributed by atoms with Gasteiger partial charge in [-0.15, -0.1) is 0 Å². The van der Waals surface area contributed by atoms with E-state index in [0.29, 0.717) is 29.8 Å². The van der Waals surface area contributed by atoms with Gasteiger partial charge in [0.25, 0.3) is 0 Å². The molecule has 30 heavy (non-hydrogen) atoms. The maximum atomic E-state index is 12.5. The van der Waals surface area contributed by atoms with Crippen molar-refractivity contribution in [2.45, 2.75) is 19.4 Å². The van der Waals surface area contributed by atoms with Crippen LogP contribution in [0.4, 0.5) is 0 Å². The van der Waals surface area contributed by atoms with Gasteiger partial charge < -0.3 is 14.6 Å². The molecule has 1 aromatic carbocycles. The zero-order valence-corrected chi connectivity index (χ0v) is 17.8. The maximum absolute atomic E-state index is 12.5. The number of carbonyl (C=O) groups is 1. The van der Waals surface area contributed by atoms with Crippen molar-refractivity contribution < 1.29 is 14.1 Å². The summed E-state index contributed by atoms with van der Waals surface area (Å²) in [6, 6.07) is 7.37. The van der Waals surface area contributed by atoms with Gasteiger partial charge in [-0.05, 0) is 50.2 Å². The van der Waals surface area contributed by atoms with E-state index in [1.54, 1.807) is 0 Å². The minimum Gasteiger partial charge on any atom is -0.379 e. The van der Waals surface area contributed by atoms with Gasteiger partial charge in [0.15, 0.2) is 0 Å². The Morgan fingerprint density at radius 1 is 1.10 bits per heavy atom. The highest BCUT2D eigenvalue weighted by Crippen LogP contribution is 2.21. The number of likely N-dealkylation sites (tertiary alicyclic amines) is 1. The van der Waals surface area contributed by atoms with Crippen LogP contribution in [-0.2, 0) is 16.1 Å². The van der Waals surface area contributed by atoms with Crippen LogP contribution < -0.4 is 5.32 Å². The highest BCUT2D eigenvalue weighted by atomic mass is 35.5. The summed E-state index contributed by atoms with van der Waals surface area (Å²) in [7, 11) is 0. The van der Waals surface area contributed by atoms with Crippen LogP contribution in [0.1, 0.15) is 18.7 Å². The molecule has 9 heteroatoms. The van der Waals surface area contributed by atoms with Crippen molar-refractivity contribution in [1.29, 1.82) is 0 Å². The fourth-order valence-electron chi connectivity index (χ4n) is 3.89. The first-order chi connectivity index (χ1) is 14.7. The average Bonchev–Trinajstić information content (AvgIpc) is 3.24. The summed E-state index contributed by atoms with van der Waals surface area (Å²) < 4.78 is 10.8. The lowest BCUT2D eigenvalue weighted by Gasteiger charge is -2.30. The molecule has 1 N–H and O–H groups in total. The molecule has 0 bridgehead atoms. The monoisotopic (exact) mass is 433 g/mol. The van der Waals surface area contributed by atoms with E-state index in [9.17, 15) is 4.79 Å². The second-order valence-electron chi connectivity index (χ2n) is 7.81. The number of nitrogens with one attached hydrogen (secondary N) is 1. The third-order valence-corrected chi connectivity index (χ3v) is 5.97. The number of ether oxygens (including phenoxy) is 1. The number of halogens is 1. The Bertz CT molecular complexity index is 814. The third-order valence-electron chi connectivity index (χ3n) is 5.72. The van der Waals surface area contributed by atoms with Crippen LogP contribution in [0, 0.1) is 5.92 Å². The number of hydrogen-bond donors (Lipinski definition) is 1. The first kappa shape index (κ1) is 21.2. The smallest absolute Gasteiger partial charge is 0.241 e. The van der Waals surface area contributed by atoms with E-state index in [0.717, 1.165) is 64.3 Å². The lowest BCUT2D eigenvalue weighted by Crippen LogP contribution is -2.44. The lowest BCUT2D eigenvalue weighted by molar-refractivity contribution is -0.126. The molecule has 1 aromatic heterocycles. The number of nitrogens with zero attached hydrogens (tertiary/aromatic N) is 4. The molecule has 0 saturated carbocycles. The van der Waals surface area contributed by atoms with Crippen molar-refractivity contribution in [2.75, 3.05) is 52.5 Å². The Hall–Kier alpha value is -2.00. The Morgan fingerprint density at radius 3 is 2.57 bits per heavy atom. The molecule has 0 spiro atoms. The van der Waals surface area contributed by atoms with Crippen LogP contribution in [0.15, 0.2) is 28.8 Å². The largest absolute Gasteiger partial charge is 0.379 e. The van der Waals surface area contributed by atoms with Gasteiger partial charge in [0.2, 0.25) is 17.6 Å². The quantitative estimate of drug-likeness (QED) is 0.715. The van der Waals surface area contributed by atoms with Crippen molar-refractivity contribution in [3.8, 4) is 11.4 Å². The SMILES string of the molecule is O=C(NCCN1CCOCC1)C1CCN(Cc2nc(-c3ccc(Cl)cc3)no2)CC1. The number of aromatic nitrogens is 2. The Kier molecular flexibility index (Phi) is 7.33. The predicted octanol–water partition coefficient (Wildman–Crippen LogP) is 2.05. The molecule has 0 atom stereocenters. The normalized spacial score (nSPS) is 19.1. The zero-order chi connectivity index (χ0) is 20.8. The topological polar surface area (TPSA) is 83.7 Å². The summed E-state index contributed by atoms with van der Waals surface area (Å²) in [5.74, 6) is 1.41. The highest BCUT2D eigenvalue weighted by Gasteiger charge is 2.26. The Morgan fingerprint density at radius 2 is 1.83 bits per heavy atom. The molecule has 1 amide bonds. The molecule has 2 fully saturated rings. The number of piperidine rings is 1. The molecule has 2 aliphatic heterocycles. The lowest BCUT2D eigenvalue weighted by atomic mass is 9.96. The van der Waals surface area contributed by atoms with Gasteiger partial charge in [-0.1, -0.05) is 16.8 Å². The predicted molar refractivity (Wildman–Crippen MR) is 113 cm³/mol. The molecule has 0 unspecified atom stereocenters. The van der Waals surface area contributed by atoms with E-state index in [4.69, 9.17) is 20.9 Å². The molecular weight excluding hydrogens is 406 g/mol. The van der Waals surface area contributed by atoms with Crippen LogP contribution >= 0.6 is 11.6 Å². The van der Waals surface area contributed by atoms with E-state index >= 15 is 0 Å². The van der Waals surface area contributed by atoms with Gasteiger partial charge in [-0.2, -0.15) is 4.98 Å². The fourth-order valence-corrected chi connectivity index (χ4v) is 4.01. The minimum absolute atomic E-state index is 0.0817.